The van der Waals surface area contributed by atoms with Crippen molar-refractivity contribution in [3.05, 3.63) is 53.9 Å². The molecule has 2 aromatic rings. The first-order chi connectivity index (χ1) is 11.6. The number of nitrogens with zero attached hydrogens (tertiary/aromatic N) is 2. The van der Waals surface area contributed by atoms with E-state index in [1.807, 2.05) is 30.3 Å². The zero-order valence-electron chi connectivity index (χ0n) is 14.7. The summed E-state index contributed by atoms with van der Waals surface area (Å²) in [4.78, 5) is 18.8. The molecule has 2 rings (SSSR count). The van der Waals surface area contributed by atoms with Crippen molar-refractivity contribution in [1.82, 2.24) is 9.88 Å². The summed E-state index contributed by atoms with van der Waals surface area (Å²) in [5.74, 6) is -0.139. The Kier molecular flexibility index (Phi) is 6.75. The lowest BCUT2D eigenvalue weighted by atomic mass is 10.1. The number of nitrogens with one attached hydrogen (secondary N) is 2. The van der Waals surface area contributed by atoms with E-state index in [1.54, 1.807) is 12.4 Å². The summed E-state index contributed by atoms with van der Waals surface area (Å²) >= 11 is 0. The lowest BCUT2D eigenvalue weighted by Gasteiger charge is -2.12. The number of hydrogen-bond acceptors (Lipinski definition) is 4. The highest BCUT2D eigenvalue weighted by atomic mass is 16.1. The lowest BCUT2D eigenvalue weighted by molar-refractivity contribution is 0.102. The molecule has 0 saturated heterocycles. The summed E-state index contributed by atoms with van der Waals surface area (Å²) in [6.07, 6.45) is 5.25. The molecule has 0 aliphatic heterocycles. The van der Waals surface area contributed by atoms with Crippen LogP contribution in [0, 0.1) is 0 Å². The van der Waals surface area contributed by atoms with Gasteiger partial charge in [-0.25, -0.2) is 0 Å². The van der Waals surface area contributed by atoms with Gasteiger partial charge in [-0.2, -0.15) is 0 Å². The Balaban J connectivity index is 1.98. The summed E-state index contributed by atoms with van der Waals surface area (Å²) in [6, 6.07) is 9.70. The minimum atomic E-state index is -0.139. The molecule has 128 valence electrons. The van der Waals surface area contributed by atoms with Crippen LogP contribution in [0.25, 0.3) is 0 Å². The third-order valence-corrected chi connectivity index (χ3v) is 3.76. The average Bonchev–Trinajstić information content (AvgIpc) is 2.59. The van der Waals surface area contributed by atoms with Crippen LogP contribution in [0.1, 0.15) is 29.3 Å². The van der Waals surface area contributed by atoms with Crippen LogP contribution in [0.4, 0.5) is 11.4 Å². The van der Waals surface area contributed by atoms with E-state index in [1.165, 1.54) is 0 Å². The van der Waals surface area contributed by atoms with E-state index >= 15 is 0 Å². The molecule has 1 heterocycles. The molecule has 2 N–H and O–H groups in total. The Morgan fingerprint density at radius 2 is 2.00 bits per heavy atom. The second kappa shape index (κ2) is 9.03. The van der Waals surface area contributed by atoms with Gasteiger partial charge in [0.1, 0.15) is 0 Å². The molecule has 0 aliphatic rings. The number of rotatable bonds is 8. The van der Waals surface area contributed by atoms with Gasteiger partial charge in [0.05, 0.1) is 11.3 Å². The molecule has 0 unspecified atom stereocenters. The minimum Gasteiger partial charge on any atom is -0.384 e. The van der Waals surface area contributed by atoms with Crippen molar-refractivity contribution >= 4 is 17.3 Å². The molecule has 1 aromatic heterocycles. The first-order valence-corrected chi connectivity index (χ1v) is 8.33. The van der Waals surface area contributed by atoms with Gasteiger partial charge in [0.2, 0.25) is 0 Å². The highest BCUT2D eigenvalue weighted by Gasteiger charge is 2.09. The van der Waals surface area contributed by atoms with Crippen LogP contribution in [0.3, 0.4) is 0 Å². The summed E-state index contributed by atoms with van der Waals surface area (Å²) in [7, 11) is 4.11. The molecule has 1 aromatic carbocycles. The van der Waals surface area contributed by atoms with Gasteiger partial charge in [-0.1, -0.05) is 25.1 Å². The van der Waals surface area contributed by atoms with Gasteiger partial charge in [-0.05, 0) is 51.2 Å². The maximum absolute atomic E-state index is 12.5. The number of para-hydroxylation sites is 1. The Hall–Kier alpha value is -2.40. The van der Waals surface area contributed by atoms with Crippen molar-refractivity contribution in [2.75, 3.05) is 37.8 Å². The van der Waals surface area contributed by atoms with Crippen LogP contribution in [-0.4, -0.2) is 43.0 Å². The number of carbonyl (C=O) groups excluding carboxylic acids is 1. The Morgan fingerprint density at radius 1 is 1.21 bits per heavy atom. The van der Waals surface area contributed by atoms with Crippen molar-refractivity contribution in [3.8, 4) is 0 Å². The van der Waals surface area contributed by atoms with Crippen molar-refractivity contribution in [2.24, 2.45) is 0 Å². The Labute approximate surface area is 144 Å². The SMILES string of the molecule is CCc1ccccc1NC(=O)c1cncc(NCCCN(C)C)c1. The van der Waals surface area contributed by atoms with Crippen LogP contribution in [0.15, 0.2) is 42.7 Å². The topological polar surface area (TPSA) is 57.3 Å². The molecule has 0 spiro atoms. The fourth-order valence-electron chi connectivity index (χ4n) is 2.43. The maximum Gasteiger partial charge on any atom is 0.257 e. The molecule has 0 radical (unpaired) electrons. The molecule has 0 saturated carbocycles. The van der Waals surface area contributed by atoms with E-state index in [0.717, 1.165) is 42.9 Å². The van der Waals surface area contributed by atoms with E-state index in [0.29, 0.717) is 5.56 Å². The van der Waals surface area contributed by atoms with Crippen molar-refractivity contribution in [1.29, 1.82) is 0 Å². The third-order valence-electron chi connectivity index (χ3n) is 3.76. The van der Waals surface area contributed by atoms with Gasteiger partial charge in [0.15, 0.2) is 0 Å². The van der Waals surface area contributed by atoms with Gasteiger partial charge in [-0.3, -0.25) is 9.78 Å². The van der Waals surface area contributed by atoms with Gasteiger partial charge in [0.25, 0.3) is 5.91 Å². The number of aromatic nitrogens is 1. The Bertz CT molecular complexity index is 670. The average molecular weight is 326 g/mol. The summed E-state index contributed by atoms with van der Waals surface area (Å²) in [5, 5.41) is 6.29. The lowest BCUT2D eigenvalue weighted by Crippen LogP contribution is -2.17. The number of pyridine rings is 1. The summed E-state index contributed by atoms with van der Waals surface area (Å²) in [5.41, 5.74) is 3.40. The van der Waals surface area contributed by atoms with Crippen molar-refractivity contribution in [2.45, 2.75) is 19.8 Å². The van der Waals surface area contributed by atoms with E-state index in [9.17, 15) is 4.79 Å². The first kappa shape index (κ1) is 17.9. The molecule has 0 fully saturated rings. The smallest absolute Gasteiger partial charge is 0.257 e. The van der Waals surface area contributed by atoms with Gasteiger partial charge in [0, 0.05) is 24.6 Å². The molecule has 0 bridgehead atoms. The van der Waals surface area contributed by atoms with Gasteiger partial charge in [-0.15, -0.1) is 0 Å². The van der Waals surface area contributed by atoms with E-state index in [4.69, 9.17) is 0 Å². The largest absolute Gasteiger partial charge is 0.384 e. The van der Waals surface area contributed by atoms with Crippen LogP contribution < -0.4 is 10.6 Å². The fourth-order valence-corrected chi connectivity index (χ4v) is 2.43. The van der Waals surface area contributed by atoms with Crippen LogP contribution in [0.2, 0.25) is 0 Å². The number of anilines is 2. The normalized spacial score (nSPS) is 10.7. The predicted octanol–water partition coefficient (Wildman–Crippen LogP) is 3.26. The van der Waals surface area contributed by atoms with Gasteiger partial charge < -0.3 is 15.5 Å². The van der Waals surface area contributed by atoms with E-state index in [-0.39, 0.29) is 5.91 Å². The monoisotopic (exact) mass is 326 g/mol. The van der Waals surface area contributed by atoms with Gasteiger partial charge >= 0.3 is 0 Å². The van der Waals surface area contributed by atoms with Crippen molar-refractivity contribution < 1.29 is 4.79 Å². The zero-order valence-corrected chi connectivity index (χ0v) is 14.7. The van der Waals surface area contributed by atoms with Crippen LogP contribution in [0.5, 0.6) is 0 Å². The number of benzene rings is 1. The minimum absolute atomic E-state index is 0.139. The quantitative estimate of drug-likeness (QED) is 0.731. The van der Waals surface area contributed by atoms with Crippen LogP contribution in [-0.2, 0) is 6.42 Å². The molecule has 0 atom stereocenters. The summed E-state index contributed by atoms with van der Waals surface area (Å²) in [6.45, 7) is 3.95. The third kappa shape index (κ3) is 5.35. The highest BCUT2D eigenvalue weighted by molar-refractivity contribution is 6.04. The number of aryl methyl sites for hydroxylation is 1. The molecular formula is C19H26N4O. The van der Waals surface area contributed by atoms with E-state index in [2.05, 4.69) is 41.5 Å². The Morgan fingerprint density at radius 3 is 2.75 bits per heavy atom. The molecule has 0 aliphatic carbocycles. The summed E-state index contributed by atoms with van der Waals surface area (Å²) < 4.78 is 0. The van der Waals surface area contributed by atoms with E-state index < -0.39 is 0 Å². The number of carbonyl (C=O) groups is 1. The molecule has 5 heteroatoms. The highest BCUT2D eigenvalue weighted by Crippen LogP contribution is 2.17. The first-order valence-electron chi connectivity index (χ1n) is 8.33. The number of amides is 1. The standard InChI is InChI=1S/C19H26N4O/c1-4-15-8-5-6-9-18(15)22-19(24)16-12-17(14-20-13-16)21-10-7-11-23(2)3/h5-6,8-9,12-14,21H,4,7,10-11H2,1-3H3,(H,22,24). The second-order valence-corrected chi connectivity index (χ2v) is 6.01. The van der Waals surface area contributed by atoms with Crippen molar-refractivity contribution in [3.63, 3.8) is 0 Å². The molecule has 1 amide bonds. The molecule has 5 nitrogen and oxygen atoms in total. The fraction of sp³-hybridized carbons (Fsp3) is 0.368. The maximum atomic E-state index is 12.5. The molecule has 24 heavy (non-hydrogen) atoms. The van der Waals surface area contributed by atoms with Crippen LogP contribution >= 0.6 is 0 Å². The second-order valence-electron chi connectivity index (χ2n) is 6.01. The predicted molar refractivity (Wildman–Crippen MR) is 99.7 cm³/mol. The zero-order chi connectivity index (χ0) is 17.4. The number of hydrogen-bond donors (Lipinski definition) is 2. The molecular weight excluding hydrogens is 300 g/mol.